The molecule has 0 amide bonds. The fourth-order valence-corrected chi connectivity index (χ4v) is 9.28. The molecule has 1 unspecified atom stereocenters. The van der Waals surface area contributed by atoms with Crippen molar-refractivity contribution in [2.24, 2.45) is 0 Å². The molecule has 2 saturated heterocycles. The van der Waals surface area contributed by atoms with Crippen molar-refractivity contribution in [3.8, 4) is 0 Å². The lowest BCUT2D eigenvalue weighted by molar-refractivity contribution is -0.0486. The lowest BCUT2D eigenvalue weighted by atomic mass is 9.76. The van der Waals surface area contributed by atoms with Crippen LogP contribution >= 0.6 is 0 Å². The largest absolute Gasteiger partial charge is 0.300 e. The molecule has 0 saturated carbocycles. The molecule has 0 aromatic heterocycles. The van der Waals surface area contributed by atoms with Gasteiger partial charge >= 0.3 is 0 Å². The van der Waals surface area contributed by atoms with Gasteiger partial charge in [0.05, 0.1) is 5.75 Å². The van der Waals surface area contributed by atoms with E-state index in [2.05, 4.69) is 89.1 Å². The molecule has 2 fully saturated rings. The summed E-state index contributed by atoms with van der Waals surface area (Å²) in [6.45, 7) is 23.0. The van der Waals surface area contributed by atoms with Crippen LogP contribution in [-0.2, 0) is 20.6 Å². The van der Waals surface area contributed by atoms with E-state index in [1.54, 1.807) is 0 Å². The molecule has 9 heteroatoms. The maximum Gasteiger partial charge on any atom is 0.147 e. The van der Waals surface area contributed by atoms with Gasteiger partial charge in [-0.05, 0) is 147 Å². The Kier molecular flexibility index (Phi) is 14.3. The van der Waals surface area contributed by atoms with Gasteiger partial charge in [0, 0.05) is 63.3 Å². The second-order valence-electron chi connectivity index (χ2n) is 16.6. The van der Waals surface area contributed by atoms with E-state index in [9.17, 15) is 12.6 Å². The Morgan fingerprint density at radius 1 is 0.628 bits per heavy atom. The van der Waals surface area contributed by atoms with Gasteiger partial charge in [0.25, 0.3) is 0 Å². The van der Waals surface area contributed by atoms with Crippen LogP contribution in [0.5, 0.6) is 0 Å². The Morgan fingerprint density at radius 2 is 0.953 bits per heavy atom. The fourth-order valence-electron chi connectivity index (χ4n) is 8.09. The average Bonchev–Trinajstić information content (AvgIpc) is 2.83. The highest BCUT2D eigenvalue weighted by Gasteiger charge is 2.45. The maximum atomic E-state index is 11.9. The SMILES string of the molecule is CN1C(C)(C)CC(N(CCCCCCN(CCCS(C)(=O)=O)C2CC(C)(C)N(C)C(C)(C)C2)CCCS(C)=O)CC1(C)C. The van der Waals surface area contributed by atoms with Crippen LogP contribution in [0.2, 0.25) is 0 Å². The zero-order valence-corrected chi connectivity index (χ0v) is 31.9. The van der Waals surface area contributed by atoms with E-state index in [0.717, 1.165) is 57.6 Å². The molecule has 1 atom stereocenters. The van der Waals surface area contributed by atoms with Crippen LogP contribution in [0.3, 0.4) is 0 Å². The smallest absolute Gasteiger partial charge is 0.147 e. The fraction of sp³-hybridized carbons (Fsp3) is 1.00. The highest BCUT2D eigenvalue weighted by atomic mass is 32.2. The summed E-state index contributed by atoms with van der Waals surface area (Å²) in [7, 11) is 0.850. The monoisotopic (exact) mass is 646 g/mol. The van der Waals surface area contributed by atoms with E-state index in [4.69, 9.17) is 0 Å². The number of hydrogen-bond donors (Lipinski definition) is 0. The highest BCUT2D eigenvalue weighted by molar-refractivity contribution is 7.90. The normalized spacial score (nSPS) is 24.1. The van der Waals surface area contributed by atoms with Crippen molar-refractivity contribution in [1.82, 2.24) is 19.6 Å². The lowest BCUT2D eigenvalue weighted by Gasteiger charge is -2.56. The van der Waals surface area contributed by atoms with Crippen LogP contribution in [-0.4, -0.2) is 131 Å². The first-order valence-electron chi connectivity index (χ1n) is 17.0. The molecule has 43 heavy (non-hydrogen) atoms. The Balaban J connectivity index is 1.97. The minimum absolute atomic E-state index is 0.117. The molecule has 0 radical (unpaired) electrons. The lowest BCUT2D eigenvalue weighted by Crippen LogP contribution is -2.62. The number of nitrogens with zero attached hydrogens (tertiary/aromatic N) is 4. The van der Waals surface area contributed by atoms with Crippen LogP contribution in [0.4, 0.5) is 0 Å². The minimum atomic E-state index is -2.94. The topological polar surface area (TPSA) is 64.2 Å². The van der Waals surface area contributed by atoms with Crippen molar-refractivity contribution in [3.05, 3.63) is 0 Å². The molecule has 0 aromatic rings. The minimum Gasteiger partial charge on any atom is -0.300 e. The number of piperidine rings is 2. The molecule has 0 N–H and O–H groups in total. The Morgan fingerprint density at radius 3 is 1.28 bits per heavy atom. The summed E-state index contributed by atoms with van der Waals surface area (Å²) < 4.78 is 35.6. The van der Waals surface area contributed by atoms with E-state index in [-0.39, 0.29) is 27.9 Å². The molecule has 256 valence electrons. The van der Waals surface area contributed by atoms with Crippen molar-refractivity contribution in [3.63, 3.8) is 0 Å². The Labute approximate surface area is 270 Å². The van der Waals surface area contributed by atoms with Gasteiger partial charge in [-0.2, -0.15) is 0 Å². The van der Waals surface area contributed by atoms with Gasteiger partial charge in [-0.25, -0.2) is 8.42 Å². The van der Waals surface area contributed by atoms with Gasteiger partial charge in [-0.15, -0.1) is 0 Å². The van der Waals surface area contributed by atoms with Crippen molar-refractivity contribution in [2.75, 3.05) is 64.3 Å². The second kappa shape index (κ2) is 15.7. The zero-order valence-electron chi connectivity index (χ0n) is 30.3. The molecule has 7 nitrogen and oxygen atoms in total. The molecule has 2 aliphatic heterocycles. The molecule has 2 aliphatic rings. The van der Waals surface area contributed by atoms with Crippen LogP contribution in [0.15, 0.2) is 0 Å². The highest BCUT2D eigenvalue weighted by Crippen LogP contribution is 2.40. The van der Waals surface area contributed by atoms with Gasteiger partial charge in [-0.3, -0.25) is 14.0 Å². The Bertz CT molecular complexity index is 960. The molecule has 2 rings (SSSR count). The molecule has 2 heterocycles. The first-order valence-corrected chi connectivity index (χ1v) is 20.8. The van der Waals surface area contributed by atoms with Gasteiger partial charge in [-0.1, -0.05) is 12.8 Å². The third-order valence-corrected chi connectivity index (χ3v) is 13.0. The molecular formula is C34H70N4O3S2. The third kappa shape index (κ3) is 12.2. The Hall–Kier alpha value is -0.0600. The molecule has 0 bridgehead atoms. The van der Waals surface area contributed by atoms with Crippen molar-refractivity contribution in [2.45, 2.75) is 154 Å². The predicted octanol–water partition coefficient (Wildman–Crippen LogP) is 5.66. The average molecular weight is 647 g/mol. The van der Waals surface area contributed by atoms with Gasteiger partial charge < -0.3 is 9.80 Å². The van der Waals surface area contributed by atoms with Crippen molar-refractivity contribution in [1.29, 1.82) is 0 Å². The number of rotatable bonds is 17. The number of hydrogen-bond acceptors (Lipinski definition) is 7. The first-order chi connectivity index (χ1) is 19.6. The molecule has 0 aliphatic carbocycles. The van der Waals surface area contributed by atoms with Gasteiger partial charge in [0.1, 0.15) is 9.84 Å². The summed E-state index contributed by atoms with van der Waals surface area (Å²) in [4.78, 5) is 10.4. The summed E-state index contributed by atoms with van der Waals surface area (Å²) >= 11 is 0. The quantitative estimate of drug-likeness (QED) is 0.189. The van der Waals surface area contributed by atoms with Gasteiger partial charge in [0.15, 0.2) is 0 Å². The van der Waals surface area contributed by atoms with Crippen molar-refractivity contribution >= 4 is 20.6 Å². The number of unbranched alkanes of at least 4 members (excludes halogenated alkanes) is 3. The standard InChI is InChI=1S/C34H70N4O3S2/c1-31(2)25-29(26-32(3,4)35(31)9)37(21-17-23-42(11)39)19-15-13-14-16-20-38(22-18-24-43(12,40)41)30-27-33(5,6)36(10)34(7,8)28-30/h29-30H,13-28H2,1-12H3. The van der Waals surface area contributed by atoms with Crippen LogP contribution in [0.25, 0.3) is 0 Å². The summed E-state index contributed by atoms with van der Waals surface area (Å²) in [5, 5.41) is 0. The summed E-state index contributed by atoms with van der Waals surface area (Å²) in [5.74, 6) is 1.06. The molecule has 0 spiro atoms. The van der Waals surface area contributed by atoms with Gasteiger partial charge in [0.2, 0.25) is 0 Å². The molecular weight excluding hydrogens is 577 g/mol. The van der Waals surface area contributed by atoms with Crippen LogP contribution < -0.4 is 0 Å². The van der Waals surface area contributed by atoms with Crippen LogP contribution in [0, 0.1) is 0 Å². The van der Waals surface area contributed by atoms with E-state index in [0.29, 0.717) is 18.5 Å². The zero-order chi connectivity index (χ0) is 32.9. The first kappa shape index (κ1) is 39.1. The van der Waals surface area contributed by atoms with E-state index in [1.165, 1.54) is 38.4 Å². The van der Waals surface area contributed by atoms with E-state index < -0.39 is 20.6 Å². The number of likely N-dealkylation sites (tertiary alicyclic amines) is 2. The van der Waals surface area contributed by atoms with E-state index in [1.807, 2.05) is 6.26 Å². The van der Waals surface area contributed by atoms with Crippen LogP contribution in [0.1, 0.15) is 120 Å². The summed E-state index contributed by atoms with van der Waals surface area (Å²) in [6.07, 6.45) is 14.3. The predicted molar refractivity (Wildman–Crippen MR) is 187 cm³/mol. The molecule has 0 aromatic carbocycles. The summed E-state index contributed by atoms with van der Waals surface area (Å²) in [5.41, 5.74) is 0.560. The van der Waals surface area contributed by atoms with Crippen molar-refractivity contribution < 1.29 is 12.6 Å². The summed E-state index contributed by atoms with van der Waals surface area (Å²) in [6, 6.07) is 1.05. The maximum absolute atomic E-state index is 11.9. The second-order valence-corrected chi connectivity index (χ2v) is 20.4. The number of sulfone groups is 1. The third-order valence-electron chi connectivity index (χ3n) is 11.1. The van der Waals surface area contributed by atoms with E-state index >= 15 is 0 Å².